The van der Waals surface area contributed by atoms with Crippen LogP contribution in [0.25, 0.3) is 0 Å². The van der Waals surface area contributed by atoms with E-state index in [9.17, 15) is 5.11 Å². The van der Waals surface area contributed by atoms with Gasteiger partial charge in [-0.3, -0.25) is 0 Å². The van der Waals surface area contributed by atoms with Crippen LogP contribution in [0.2, 0.25) is 0 Å². The summed E-state index contributed by atoms with van der Waals surface area (Å²) in [6.07, 6.45) is 2.30. The van der Waals surface area contributed by atoms with E-state index in [0.29, 0.717) is 10.2 Å². The number of aliphatic hydroxyl groups excluding tert-OH is 1. The molecule has 0 aliphatic carbocycles. The largest absolute Gasteiger partial charge is 0.457 e. The highest BCUT2D eigenvalue weighted by Crippen LogP contribution is 2.24. The molecule has 0 spiro atoms. The highest BCUT2D eigenvalue weighted by atomic mass is 79.9. The number of aliphatic hydroxyl groups is 1. The maximum atomic E-state index is 9.19. The van der Waals surface area contributed by atoms with Crippen LogP contribution in [0.4, 0.5) is 0 Å². The van der Waals surface area contributed by atoms with Gasteiger partial charge in [0.25, 0.3) is 0 Å². The molecule has 1 N–H and O–H groups in total. The predicted octanol–water partition coefficient (Wildman–Crippen LogP) is 2.26. The zero-order chi connectivity index (χ0) is 7.56. The van der Waals surface area contributed by atoms with E-state index in [-0.39, 0.29) is 0 Å². The summed E-state index contributed by atoms with van der Waals surface area (Å²) in [5, 5.41) is 9.19. The van der Waals surface area contributed by atoms with Crippen LogP contribution < -0.4 is 0 Å². The van der Waals surface area contributed by atoms with E-state index in [4.69, 9.17) is 4.42 Å². The van der Waals surface area contributed by atoms with E-state index in [2.05, 4.69) is 22.5 Å². The van der Waals surface area contributed by atoms with E-state index in [1.807, 2.05) is 0 Å². The molecule has 0 bridgehead atoms. The van der Waals surface area contributed by atoms with Gasteiger partial charge in [0, 0.05) is 5.56 Å². The Morgan fingerprint density at radius 3 is 2.90 bits per heavy atom. The molecule has 3 heteroatoms. The second-order valence-corrected chi connectivity index (χ2v) is 2.55. The maximum Gasteiger partial charge on any atom is 0.175 e. The average Bonchev–Trinajstić information content (AvgIpc) is 2.34. The van der Waals surface area contributed by atoms with Crippen molar-refractivity contribution >= 4 is 15.9 Å². The van der Waals surface area contributed by atoms with Crippen LogP contribution in [0.15, 0.2) is 34.1 Å². The van der Waals surface area contributed by atoms with Crippen molar-refractivity contribution in [3.63, 3.8) is 0 Å². The van der Waals surface area contributed by atoms with Crippen molar-refractivity contribution in [2.24, 2.45) is 0 Å². The number of hydrogen-bond acceptors (Lipinski definition) is 2. The van der Waals surface area contributed by atoms with Crippen LogP contribution in [0, 0.1) is 0 Å². The highest BCUT2D eigenvalue weighted by molar-refractivity contribution is 9.10. The van der Waals surface area contributed by atoms with Crippen molar-refractivity contribution < 1.29 is 9.52 Å². The Labute approximate surface area is 67.3 Å². The number of hydrogen-bond donors (Lipinski definition) is 1. The van der Waals surface area contributed by atoms with Gasteiger partial charge in [-0.1, -0.05) is 6.08 Å². The number of furan rings is 1. The summed E-state index contributed by atoms with van der Waals surface area (Å²) in [6, 6.07) is 1.69. The summed E-state index contributed by atoms with van der Waals surface area (Å²) in [6.45, 7) is 3.45. The van der Waals surface area contributed by atoms with Gasteiger partial charge in [-0.25, -0.2) is 0 Å². The summed E-state index contributed by atoms with van der Waals surface area (Å²) < 4.78 is 5.45. The fourth-order valence-corrected chi connectivity index (χ4v) is 1.12. The van der Waals surface area contributed by atoms with Crippen molar-refractivity contribution in [2.75, 3.05) is 0 Å². The SMILES string of the molecule is C=CC(O)c1ccoc1Br. The van der Waals surface area contributed by atoms with E-state index >= 15 is 0 Å². The highest BCUT2D eigenvalue weighted by Gasteiger charge is 2.08. The van der Waals surface area contributed by atoms with E-state index in [0.717, 1.165) is 0 Å². The Bertz CT molecular complexity index is 229. The third kappa shape index (κ3) is 1.30. The summed E-state index contributed by atoms with van der Waals surface area (Å²) in [4.78, 5) is 0. The maximum absolute atomic E-state index is 9.19. The molecule has 0 aliphatic heterocycles. The Hall–Kier alpha value is -0.540. The Morgan fingerprint density at radius 2 is 2.50 bits per heavy atom. The van der Waals surface area contributed by atoms with Crippen molar-refractivity contribution in [1.29, 1.82) is 0 Å². The number of rotatable bonds is 2. The lowest BCUT2D eigenvalue weighted by Crippen LogP contribution is -1.89. The second-order valence-electron chi connectivity index (χ2n) is 1.83. The van der Waals surface area contributed by atoms with Gasteiger partial charge in [0.15, 0.2) is 4.67 Å². The monoisotopic (exact) mass is 202 g/mol. The summed E-state index contributed by atoms with van der Waals surface area (Å²) in [5.41, 5.74) is 0.704. The Morgan fingerprint density at radius 1 is 1.80 bits per heavy atom. The smallest absolute Gasteiger partial charge is 0.175 e. The first kappa shape index (κ1) is 7.57. The van der Waals surface area contributed by atoms with Crippen LogP contribution in [-0.4, -0.2) is 5.11 Å². The molecule has 0 fully saturated rings. The molecule has 1 aromatic heterocycles. The first-order valence-electron chi connectivity index (χ1n) is 2.79. The molecule has 0 saturated heterocycles. The molecule has 54 valence electrons. The van der Waals surface area contributed by atoms with Crippen LogP contribution in [-0.2, 0) is 0 Å². The molecule has 0 aromatic carbocycles. The summed E-state index contributed by atoms with van der Waals surface area (Å²) in [5.74, 6) is 0. The van der Waals surface area contributed by atoms with Crippen molar-refractivity contribution in [1.82, 2.24) is 0 Å². The molecule has 1 rings (SSSR count). The Balaban J connectivity index is 2.92. The van der Waals surface area contributed by atoms with Crippen LogP contribution >= 0.6 is 15.9 Å². The zero-order valence-corrected chi connectivity index (χ0v) is 6.84. The molecule has 0 aliphatic rings. The lowest BCUT2D eigenvalue weighted by molar-refractivity contribution is 0.226. The van der Waals surface area contributed by atoms with E-state index in [1.165, 1.54) is 12.3 Å². The lowest BCUT2D eigenvalue weighted by Gasteiger charge is -1.99. The summed E-state index contributed by atoms with van der Waals surface area (Å²) in [7, 11) is 0. The first-order chi connectivity index (χ1) is 4.75. The van der Waals surface area contributed by atoms with Gasteiger partial charge in [0.05, 0.1) is 6.26 Å². The normalized spacial score (nSPS) is 13.0. The van der Waals surface area contributed by atoms with Crippen LogP contribution in [0.5, 0.6) is 0 Å². The molecule has 2 nitrogen and oxygen atoms in total. The Kier molecular flexibility index (Phi) is 2.29. The van der Waals surface area contributed by atoms with Crippen LogP contribution in [0.3, 0.4) is 0 Å². The van der Waals surface area contributed by atoms with Gasteiger partial charge in [-0.2, -0.15) is 0 Å². The first-order valence-corrected chi connectivity index (χ1v) is 3.58. The molecule has 0 radical (unpaired) electrons. The van der Waals surface area contributed by atoms with Gasteiger partial charge in [0.1, 0.15) is 6.10 Å². The molecule has 0 amide bonds. The van der Waals surface area contributed by atoms with Gasteiger partial charge in [-0.15, -0.1) is 6.58 Å². The van der Waals surface area contributed by atoms with Crippen LogP contribution in [0.1, 0.15) is 11.7 Å². The van der Waals surface area contributed by atoms with Gasteiger partial charge < -0.3 is 9.52 Å². The number of halogens is 1. The van der Waals surface area contributed by atoms with Crippen molar-refractivity contribution in [3.8, 4) is 0 Å². The van der Waals surface area contributed by atoms with Gasteiger partial charge in [0.2, 0.25) is 0 Å². The summed E-state index contributed by atoms with van der Waals surface area (Å²) >= 11 is 3.13. The molecule has 1 aromatic rings. The minimum atomic E-state index is -0.645. The predicted molar refractivity (Wildman–Crippen MR) is 41.6 cm³/mol. The molecule has 1 heterocycles. The molecule has 10 heavy (non-hydrogen) atoms. The quantitative estimate of drug-likeness (QED) is 0.747. The third-order valence-electron chi connectivity index (χ3n) is 1.19. The van der Waals surface area contributed by atoms with Crippen molar-refractivity contribution in [3.05, 3.63) is 35.2 Å². The zero-order valence-electron chi connectivity index (χ0n) is 5.25. The second kappa shape index (κ2) is 3.03. The third-order valence-corrected chi connectivity index (χ3v) is 1.83. The average molecular weight is 203 g/mol. The molecule has 0 saturated carbocycles. The van der Waals surface area contributed by atoms with E-state index < -0.39 is 6.10 Å². The van der Waals surface area contributed by atoms with Gasteiger partial charge in [-0.05, 0) is 22.0 Å². The van der Waals surface area contributed by atoms with Crippen molar-refractivity contribution in [2.45, 2.75) is 6.10 Å². The molecule has 1 atom stereocenters. The van der Waals surface area contributed by atoms with E-state index in [1.54, 1.807) is 6.07 Å². The standard InChI is InChI=1S/C7H7BrO2/c1-2-6(9)5-3-4-10-7(5)8/h2-4,6,9H,1H2. The topological polar surface area (TPSA) is 33.4 Å². The fraction of sp³-hybridized carbons (Fsp3) is 0.143. The fourth-order valence-electron chi connectivity index (χ4n) is 0.642. The minimum absolute atomic E-state index is 0.555. The molecule has 1 unspecified atom stereocenters. The minimum Gasteiger partial charge on any atom is -0.457 e. The molecular weight excluding hydrogens is 196 g/mol. The molecular formula is C7H7BrO2. The lowest BCUT2D eigenvalue weighted by atomic mass is 10.2. The van der Waals surface area contributed by atoms with Gasteiger partial charge >= 0.3 is 0 Å².